The Morgan fingerprint density at radius 2 is 2.00 bits per heavy atom. The SMILES string of the molecule is OC[C@H]1C[C@@H]2O[C@@H]2[C@@H](O)C1O. The first-order valence-electron chi connectivity index (χ1n) is 3.86. The van der Waals surface area contributed by atoms with Crippen LogP contribution in [0.2, 0.25) is 0 Å². The molecule has 0 radical (unpaired) electrons. The molecule has 3 N–H and O–H groups in total. The van der Waals surface area contributed by atoms with Crippen LogP contribution in [0.1, 0.15) is 6.42 Å². The lowest BCUT2D eigenvalue weighted by atomic mass is 9.85. The number of hydrogen-bond acceptors (Lipinski definition) is 4. The normalized spacial score (nSPS) is 55.4. The molecule has 0 aromatic heterocycles. The Labute approximate surface area is 64.4 Å². The first-order valence-corrected chi connectivity index (χ1v) is 3.86. The number of rotatable bonds is 1. The predicted molar refractivity (Wildman–Crippen MR) is 35.9 cm³/mol. The van der Waals surface area contributed by atoms with Gasteiger partial charge in [-0.15, -0.1) is 0 Å². The molecule has 11 heavy (non-hydrogen) atoms. The van der Waals surface area contributed by atoms with Crippen molar-refractivity contribution in [1.82, 2.24) is 0 Å². The number of epoxide rings is 1. The minimum atomic E-state index is -0.816. The molecule has 0 amide bonds. The maximum absolute atomic E-state index is 9.34. The summed E-state index contributed by atoms with van der Waals surface area (Å²) in [6.07, 6.45) is -1.05. The van der Waals surface area contributed by atoms with Gasteiger partial charge < -0.3 is 20.1 Å². The molecule has 1 unspecified atom stereocenters. The van der Waals surface area contributed by atoms with E-state index in [9.17, 15) is 10.2 Å². The fourth-order valence-corrected chi connectivity index (χ4v) is 1.74. The van der Waals surface area contributed by atoms with Crippen molar-refractivity contribution >= 4 is 0 Å². The van der Waals surface area contributed by atoms with E-state index >= 15 is 0 Å². The molecule has 0 bridgehead atoms. The van der Waals surface area contributed by atoms with Gasteiger partial charge in [0.05, 0.1) is 12.2 Å². The molecule has 0 aromatic carbocycles. The van der Waals surface area contributed by atoms with Gasteiger partial charge >= 0.3 is 0 Å². The van der Waals surface area contributed by atoms with Crippen LogP contribution in [-0.4, -0.2) is 46.3 Å². The molecule has 0 spiro atoms. The average Bonchev–Trinajstić information content (AvgIpc) is 2.75. The van der Waals surface area contributed by atoms with E-state index in [1.165, 1.54) is 0 Å². The summed E-state index contributed by atoms with van der Waals surface area (Å²) >= 11 is 0. The summed E-state index contributed by atoms with van der Waals surface area (Å²) in [5.41, 5.74) is 0. The number of aliphatic hydroxyl groups is 3. The Kier molecular flexibility index (Phi) is 1.64. The van der Waals surface area contributed by atoms with Crippen LogP contribution < -0.4 is 0 Å². The second-order valence-electron chi connectivity index (χ2n) is 3.30. The Morgan fingerprint density at radius 3 is 2.64 bits per heavy atom. The number of fused-ring (bicyclic) bond motifs is 1. The number of aliphatic hydroxyl groups excluding tert-OH is 3. The largest absolute Gasteiger partial charge is 0.396 e. The van der Waals surface area contributed by atoms with Crippen LogP contribution in [0.5, 0.6) is 0 Å². The number of hydrogen-bond donors (Lipinski definition) is 3. The van der Waals surface area contributed by atoms with Crippen molar-refractivity contribution < 1.29 is 20.1 Å². The molecule has 4 nitrogen and oxygen atoms in total. The fraction of sp³-hybridized carbons (Fsp3) is 1.00. The third-order valence-electron chi connectivity index (χ3n) is 2.56. The zero-order chi connectivity index (χ0) is 8.01. The fourth-order valence-electron chi connectivity index (χ4n) is 1.74. The molecule has 0 aromatic rings. The topological polar surface area (TPSA) is 73.2 Å². The van der Waals surface area contributed by atoms with Crippen molar-refractivity contribution in [3.05, 3.63) is 0 Å². The Bertz CT molecular complexity index is 161. The summed E-state index contributed by atoms with van der Waals surface area (Å²) in [7, 11) is 0. The zero-order valence-corrected chi connectivity index (χ0v) is 6.05. The average molecular weight is 160 g/mol. The summed E-state index contributed by atoms with van der Waals surface area (Å²) in [4.78, 5) is 0. The van der Waals surface area contributed by atoms with E-state index in [1.807, 2.05) is 0 Å². The van der Waals surface area contributed by atoms with Gasteiger partial charge in [0.2, 0.25) is 0 Å². The van der Waals surface area contributed by atoms with E-state index in [4.69, 9.17) is 9.84 Å². The lowest BCUT2D eigenvalue weighted by Crippen LogP contribution is -2.43. The molecular weight excluding hydrogens is 148 g/mol. The molecule has 1 aliphatic carbocycles. The highest BCUT2D eigenvalue weighted by molar-refractivity contribution is 5.02. The van der Waals surface area contributed by atoms with Crippen molar-refractivity contribution in [1.29, 1.82) is 0 Å². The van der Waals surface area contributed by atoms with Crippen LogP contribution in [-0.2, 0) is 4.74 Å². The van der Waals surface area contributed by atoms with Crippen LogP contribution >= 0.6 is 0 Å². The van der Waals surface area contributed by atoms with Crippen LogP contribution in [0.3, 0.4) is 0 Å². The maximum Gasteiger partial charge on any atom is 0.113 e. The molecule has 2 aliphatic rings. The van der Waals surface area contributed by atoms with Crippen molar-refractivity contribution in [3.63, 3.8) is 0 Å². The van der Waals surface area contributed by atoms with Gasteiger partial charge in [0.25, 0.3) is 0 Å². The Balaban J connectivity index is 2.03. The quantitative estimate of drug-likeness (QED) is 0.408. The molecule has 2 rings (SSSR count). The summed E-state index contributed by atoms with van der Waals surface area (Å²) in [6.45, 7) is -0.0786. The van der Waals surface area contributed by atoms with Crippen LogP contribution in [0.25, 0.3) is 0 Å². The third kappa shape index (κ3) is 1.06. The van der Waals surface area contributed by atoms with Crippen LogP contribution in [0.4, 0.5) is 0 Å². The van der Waals surface area contributed by atoms with E-state index in [-0.39, 0.29) is 24.7 Å². The van der Waals surface area contributed by atoms with E-state index < -0.39 is 12.2 Å². The molecule has 2 fully saturated rings. The predicted octanol–water partition coefficient (Wildman–Crippen LogP) is -1.51. The van der Waals surface area contributed by atoms with Gasteiger partial charge in [-0.05, 0) is 6.42 Å². The van der Waals surface area contributed by atoms with Gasteiger partial charge in [-0.25, -0.2) is 0 Å². The Morgan fingerprint density at radius 1 is 1.27 bits per heavy atom. The summed E-state index contributed by atoms with van der Waals surface area (Å²) in [6, 6.07) is 0. The maximum atomic E-state index is 9.34. The first kappa shape index (κ1) is 7.49. The minimum Gasteiger partial charge on any atom is -0.396 e. The second kappa shape index (κ2) is 2.42. The molecule has 4 heteroatoms. The monoisotopic (exact) mass is 160 g/mol. The molecule has 64 valence electrons. The molecule has 1 saturated heterocycles. The molecular formula is C7H12O4. The third-order valence-corrected chi connectivity index (χ3v) is 2.56. The summed E-state index contributed by atoms with van der Waals surface area (Å²) in [5, 5.41) is 27.4. The van der Waals surface area contributed by atoms with E-state index in [0.717, 1.165) is 0 Å². The van der Waals surface area contributed by atoms with Crippen molar-refractivity contribution in [2.45, 2.75) is 30.8 Å². The minimum absolute atomic E-state index is 0.0746. The van der Waals surface area contributed by atoms with Gasteiger partial charge in [-0.1, -0.05) is 0 Å². The zero-order valence-electron chi connectivity index (χ0n) is 6.05. The highest BCUT2D eigenvalue weighted by Crippen LogP contribution is 2.39. The van der Waals surface area contributed by atoms with E-state index in [0.29, 0.717) is 6.42 Å². The molecule has 5 atom stereocenters. The Hall–Kier alpha value is -0.160. The second-order valence-corrected chi connectivity index (χ2v) is 3.30. The smallest absolute Gasteiger partial charge is 0.113 e. The van der Waals surface area contributed by atoms with Crippen molar-refractivity contribution in [2.75, 3.05) is 6.61 Å². The highest BCUT2D eigenvalue weighted by atomic mass is 16.6. The van der Waals surface area contributed by atoms with E-state index in [1.54, 1.807) is 0 Å². The summed E-state index contributed by atoms with van der Waals surface area (Å²) in [5.74, 6) is -0.214. The lowest BCUT2D eigenvalue weighted by Gasteiger charge is -2.27. The number of ether oxygens (including phenoxy) is 1. The first-order chi connectivity index (χ1) is 5.24. The van der Waals surface area contributed by atoms with Gasteiger partial charge in [0.1, 0.15) is 12.2 Å². The van der Waals surface area contributed by atoms with Crippen LogP contribution in [0, 0.1) is 5.92 Å². The van der Waals surface area contributed by atoms with Crippen molar-refractivity contribution in [3.8, 4) is 0 Å². The van der Waals surface area contributed by atoms with Crippen LogP contribution in [0.15, 0.2) is 0 Å². The van der Waals surface area contributed by atoms with Gasteiger partial charge in [-0.2, -0.15) is 0 Å². The summed E-state index contributed by atoms with van der Waals surface area (Å²) < 4.78 is 5.07. The highest BCUT2D eigenvalue weighted by Gasteiger charge is 2.54. The van der Waals surface area contributed by atoms with Gasteiger partial charge in [0.15, 0.2) is 0 Å². The molecule has 1 aliphatic heterocycles. The standard InChI is InChI=1S/C7H12O4/c8-2-3-1-4-7(11-4)6(10)5(3)9/h3-10H,1-2H2/t3-,4+,5?,6+,7+/m1/s1. The van der Waals surface area contributed by atoms with Gasteiger partial charge in [-0.3, -0.25) is 0 Å². The van der Waals surface area contributed by atoms with Gasteiger partial charge in [0, 0.05) is 12.5 Å². The molecule has 1 saturated carbocycles. The van der Waals surface area contributed by atoms with Crippen molar-refractivity contribution in [2.24, 2.45) is 5.92 Å². The lowest BCUT2D eigenvalue weighted by molar-refractivity contribution is -0.0507. The molecule has 1 heterocycles. The van der Waals surface area contributed by atoms with E-state index in [2.05, 4.69) is 0 Å².